The summed E-state index contributed by atoms with van der Waals surface area (Å²) >= 11 is 0. The van der Waals surface area contributed by atoms with E-state index in [1.54, 1.807) is 7.11 Å². The Morgan fingerprint density at radius 3 is 2.81 bits per heavy atom. The topological polar surface area (TPSA) is 94.2 Å². The lowest BCUT2D eigenvalue weighted by atomic mass is 10.0. The van der Waals surface area contributed by atoms with Gasteiger partial charge in [-0.05, 0) is 36.2 Å². The van der Waals surface area contributed by atoms with Gasteiger partial charge in [-0.1, -0.05) is 12.1 Å². The summed E-state index contributed by atoms with van der Waals surface area (Å²) < 4.78 is 5.16. The molecule has 7 heteroatoms. The van der Waals surface area contributed by atoms with Gasteiger partial charge in [-0.3, -0.25) is 4.79 Å². The van der Waals surface area contributed by atoms with Crippen LogP contribution in [0.3, 0.4) is 0 Å². The Kier molecular flexibility index (Phi) is 4.58. The number of likely N-dealkylation sites (tertiary alicyclic amines) is 1. The monoisotopic (exact) mass is 363 g/mol. The normalized spacial score (nSPS) is 16.6. The molecule has 1 aliphatic rings. The lowest BCUT2D eigenvalue weighted by Crippen LogP contribution is -2.29. The number of carbonyl (C=O) groups is 1. The molecular weight excluding hydrogens is 342 g/mol. The van der Waals surface area contributed by atoms with E-state index in [2.05, 4.69) is 15.0 Å². The molecule has 1 amide bonds. The summed E-state index contributed by atoms with van der Waals surface area (Å²) in [4.78, 5) is 27.4. The summed E-state index contributed by atoms with van der Waals surface area (Å²) in [7, 11) is 1.63. The average molecular weight is 363 g/mol. The second kappa shape index (κ2) is 7.19. The first kappa shape index (κ1) is 17.2. The average Bonchev–Trinajstić information content (AvgIpc) is 3.19. The molecule has 1 saturated heterocycles. The van der Waals surface area contributed by atoms with Crippen LogP contribution in [0.15, 0.2) is 42.7 Å². The fourth-order valence-electron chi connectivity index (χ4n) is 3.46. The fraction of sp³-hybridized carbons (Fsp3) is 0.300. The van der Waals surface area contributed by atoms with Gasteiger partial charge in [0.25, 0.3) is 0 Å². The second-order valence-corrected chi connectivity index (χ2v) is 6.72. The first-order valence-corrected chi connectivity index (χ1v) is 8.92. The molecule has 138 valence electrons. The minimum Gasteiger partial charge on any atom is -0.497 e. The predicted octanol–water partition coefficient (Wildman–Crippen LogP) is 2.17. The maximum atomic E-state index is 12.6. The number of rotatable bonds is 4. The van der Waals surface area contributed by atoms with Gasteiger partial charge in [0.15, 0.2) is 5.65 Å². The van der Waals surface area contributed by atoms with Crippen molar-refractivity contribution in [2.24, 2.45) is 0 Å². The highest BCUT2D eigenvalue weighted by molar-refractivity contribution is 5.85. The standard InChI is InChI=1S/C20H21N5O2/c1-27-15-4-2-13(3-5-15)10-18(26)25-9-8-14(11-25)17-7-6-16-19(21)22-12-23-20(16)24-17/h2-7,12,14H,8-11H2,1H3,(H2,21,22,23,24)/t14-/m0/s1. The van der Waals surface area contributed by atoms with E-state index in [4.69, 9.17) is 10.5 Å². The van der Waals surface area contributed by atoms with Crippen LogP contribution in [0.25, 0.3) is 11.0 Å². The highest BCUT2D eigenvalue weighted by Gasteiger charge is 2.28. The summed E-state index contributed by atoms with van der Waals surface area (Å²) in [6, 6.07) is 11.5. The molecule has 4 rings (SSSR count). The highest BCUT2D eigenvalue weighted by Crippen LogP contribution is 2.28. The van der Waals surface area contributed by atoms with Gasteiger partial charge in [-0.25, -0.2) is 15.0 Å². The van der Waals surface area contributed by atoms with Crippen molar-refractivity contribution in [2.75, 3.05) is 25.9 Å². The molecule has 0 unspecified atom stereocenters. The molecule has 2 N–H and O–H groups in total. The van der Waals surface area contributed by atoms with Gasteiger partial charge in [0.1, 0.15) is 17.9 Å². The molecule has 1 atom stereocenters. The van der Waals surface area contributed by atoms with Crippen molar-refractivity contribution in [1.29, 1.82) is 0 Å². The van der Waals surface area contributed by atoms with Crippen LogP contribution in [0, 0.1) is 0 Å². The van der Waals surface area contributed by atoms with Gasteiger partial charge in [-0.2, -0.15) is 0 Å². The predicted molar refractivity (Wildman–Crippen MR) is 102 cm³/mol. The zero-order chi connectivity index (χ0) is 18.8. The number of amides is 1. The summed E-state index contributed by atoms with van der Waals surface area (Å²) in [6.45, 7) is 1.42. The van der Waals surface area contributed by atoms with Crippen LogP contribution < -0.4 is 10.5 Å². The number of nitrogen functional groups attached to an aromatic ring is 1. The van der Waals surface area contributed by atoms with E-state index in [1.807, 2.05) is 41.3 Å². The summed E-state index contributed by atoms with van der Waals surface area (Å²) in [6.07, 6.45) is 2.72. The van der Waals surface area contributed by atoms with Crippen molar-refractivity contribution in [3.63, 3.8) is 0 Å². The molecule has 3 aromatic rings. The van der Waals surface area contributed by atoms with Crippen LogP contribution in [0.2, 0.25) is 0 Å². The smallest absolute Gasteiger partial charge is 0.227 e. The first-order valence-electron chi connectivity index (χ1n) is 8.92. The van der Waals surface area contributed by atoms with Gasteiger partial charge >= 0.3 is 0 Å². The summed E-state index contributed by atoms with van der Waals surface area (Å²) in [5.74, 6) is 1.57. The molecule has 1 fully saturated rings. The van der Waals surface area contributed by atoms with Crippen LogP contribution in [0.5, 0.6) is 5.75 Å². The molecule has 3 heterocycles. The molecular formula is C20H21N5O2. The van der Waals surface area contributed by atoms with Crippen molar-refractivity contribution in [2.45, 2.75) is 18.8 Å². The number of carbonyl (C=O) groups excluding carboxylic acids is 1. The van der Waals surface area contributed by atoms with E-state index >= 15 is 0 Å². The second-order valence-electron chi connectivity index (χ2n) is 6.72. The van der Waals surface area contributed by atoms with Crippen molar-refractivity contribution in [3.8, 4) is 5.75 Å². The molecule has 1 aromatic carbocycles. The van der Waals surface area contributed by atoms with Crippen molar-refractivity contribution >= 4 is 22.8 Å². The Morgan fingerprint density at radius 2 is 2.04 bits per heavy atom. The molecule has 0 saturated carbocycles. The van der Waals surface area contributed by atoms with Crippen LogP contribution >= 0.6 is 0 Å². The number of aromatic nitrogens is 3. The third-order valence-electron chi connectivity index (χ3n) is 5.02. The number of pyridine rings is 1. The van der Waals surface area contributed by atoms with Crippen LogP contribution in [0.4, 0.5) is 5.82 Å². The van der Waals surface area contributed by atoms with Crippen LogP contribution in [0.1, 0.15) is 23.6 Å². The Hall–Kier alpha value is -3.22. The molecule has 0 radical (unpaired) electrons. The quantitative estimate of drug-likeness (QED) is 0.763. The molecule has 0 aliphatic carbocycles. The van der Waals surface area contributed by atoms with Gasteiger partial charge in [0, 0.05) is 24.7 Å². The molecule has 27 heavy (non-hydrogen) atoms. The van der Waals surface area contributed by atoms with Gasteiger partial charge in [0.05, 0.1) is 18.9 Å². The maximum Gasteiger partial charge on any atom is 0.227 e. The number of nitrogens with two attached hydrogens (primary N) is 1. The van der Waals surface area contributed by atoms with E-state index < -0.39 is 0 Å². The zero-order valence-electron chi connectivity index (χ0n) is 15.1. The van der Waals surface area contributed by atoms with Gasteiger partial charge in [0.2, 0.25) is 5.91 Å². The van der Waals surface area contributed by atoms with E-state index in [9.17, 15) is 4.79 Å². The van der Waals surface area contributed by atoms with Gasteiger partial charge in [-0.15, -0.1) is 0 Å². The Bertz CT molecular complexity index is 974. The Labute approximate surface area is 157 Å². The number of methoxy groups -OCH3 is 1. The lowest BCUT2D eigenvalue weighted by molar-refractivity contribution is -0.129. The zero-order valence-corrected chi connectivity index (χ0v) is 15.1. The number of hydrogen-bond donors (Lipinski definition) is 1. The minimum absolute atomic E-state index is 0.134. The number of anilines is 1. The van der Waals surface area contributed by atoms with Gasteiger partial charge < -0.3 is 15.4 Å². The van der Waals surface area contributed by atoms with Crippen LogP contribution in [-0.4, -0.2) is 46.0 Å². The molecule has 0 bridgehead atoms. The van der Waals surface area contributed by atoms with E-state index in [0.29, 0.717) is 24.4 Å². The number of benzene rings is 1. The summed E-state index contributed by atoms with van der Waals surface area (Å²) in [5, 5.41) is 0.756. The first-order chi connectivity index (χ1) is 13.1. The van der Waals surface area contributed by atoms with Crippen molar-refractivity contribution in [1.82, 2.24) is 19.9 Å². The third kappa shape index (κ3) is 3.53. The Morgan fingerprint density at radius 1 is 1.22 bits per heavy atom. The minimum atomic E-state index is 0.134. The van der Waals surface area contributed by atoms with E-state index in [0.717, 1.165) is 35.4 Å². The maximum absolute atomic E-state index is 12.6. The summed E-state index contributed by atoms with van der Waals surface area (Å²) in [5.41, 5.74) is 8.39. The number of hydrogen-bond acceptors (Lipinski definition) is 6. The Balaban J connectivity index is 1.44. The molecule has 7 nitrogen and oxygen atoms in total. The largest absolute Gasteiger partial charge is 0.497 e. The third-order valence-corrected chi connectivity index (χ3v) is 5.02. The van der Waals surface area contributed by atoms with Crippen LogP contribution in [-0.2, 0) is 11.2 Å². The lowest BCUT2D eigenvalue weighted by Gasteiger charge is -2.17. The van der Waals surface area contributed by atoms with Crippen molar-refractivity contribution in [3.05, 3.63) is 54.0 Å². The number of fused-ring (bicyclic) bond motifs is 1. The fourth-order valence-corrected chi connectivity index (χ4v) is 3.46. The highest BCUT2D eigenvalue weighted by atomic mass is 16.5. The van der Waals surface area contributed by atoms with E-state index in [-0.39, 0.29) is 11.8 Å². The molecule has 2 aromatic heterocycles. The number of nitrogens with zero attached hydrogens (tertiary/aromatic N) is 4. The van der Waals surface area contributed by atoms with E-state index in [1.165, 1.54) is 6.33 Å². The molecule has 0 spiro atoms. The number of ether oxygens (including phenoxy) is 1. The molecule has 1 aliphatic heterocycles. The SMILES string of the molecule is COc1ccc(CC(=O)N2CC[C@H](c3ccc4c(N)ncnc4n3)C2)cc1. The van der Waals surface area contributed by atoms with Crippen molar-refractivity contribution < 1.29 is 9.53 Å².